The van der Waals surface area contributed by atoms with Crippen molar-refractivity contribution in [1.29, 1.82) is 0 Å². The van der Waals surface area contributed by atoms with Gasteiger partial charge in [-0.3, -0.25) is 4.79 Å². The van der Waals surface area contributed by atoms with Gasteiger partial charge in [0.15, 0.2) is 0 Å². The van der Waals surface area contributed by atoms with E-state index in [2.05, 4.69) is 0 Å². The van der Waals surface area contributed by atoms with E-state index < -0.39 is 17.8 Å². The van der Waals surface area contributed by atoms with Gasteiger partial charge in [-0.05, 0) is 30.7 Å². The summed E-state index contributed by atoms with van der Waals surface area (Å²) in [6.07, 6.45) is -0.131. The van der Waals surface area contributed by atoms with Crippen LogP contribution in [0.2, 0.25) is 0 Å². The Hall–Kier alpha value is -2.37. The van der Waals surface area contributed by atoms with Crippen LogP contribution < -0.4 is 5.73 Å². The summed E-state index contributed by atoms with van der Waals surface area (Å²) in [5.74, 6) is -2.43. The third-order valence-corrected chi connectivity index (χ3v) is 2.13. The van der Waals surface area contributed by atoms with Crippen molar-refractivity contribution in [2.24, 2.45) is 5.73 Å². The van der Waals surface area contributed by atoms with Crippen molar-refractivity contribution in [2.45, 2.75) is 13.3 Å². The number of aromatic carboxylic acids is 1. The van der Waals surface area contributed by atoms with Crippen LogP contribution >= 0.6 is 0 Å². The van der Waals surface area contributed by atoms with E-state index in [1.54, 1.807) is 6.92 Å². The zero-order valence-electron chi connectivity index (χ0n) is 9.80. The molecule has 0 aliphatic carbocycles. The first-order valence-corrected chi connectivity index (χ1v) is 5.26. The highest BCUT2D eigenvalue weighted by Crippen LogP contribution is 2.12. The number of hydrogen-bond acceptors (Lipinski definition) is 4. The summed E-state index contributed by atoms with van der Waals surface area (Å²) in [6.45, 7) is 1.82. The van der Waals surface area contributed by atoms with Gasteiger partial charge in [0, 0.05) is 0 Å². The van der Waals surface area contributed by atoms with E-state index >= 15 is 0 Å². The van der Waals surface area contributed by atoms with Crippen LogP contribution in [0.1, 0.15) is 33.2 Å². The maximum Gasteiger partial charge on any atom is 0.338 e. The van der Waals surface area contributed by atoms with Gasteiger partial charge < -0.3 is 15.6 Å². The van der Waals surface area contributed by atoms with Crippen molar-refractivity contribution in [3.05, 3.63) is 34.9 Å². The Kier molecular flexibility index (Phi) is 4.42. The SMILES string of the molecule is CCOC(=O)c1cc(CC(N)=O)cc(C(=O)O)c1. The topological polar surface area (TPSA) is 107 Å². The second-order valence-electron chi connectivity index (χ2n) is 3.59. The molecule has 96 valence electrons. The lowest BCUT2D eigenvalue weighted by atomic mass is 10.0. The molecular weight excluding hydrogens is 238 g/mol. The molecule has 0 fully saturated rings. The standard InChI is InChI=1S/C12H13NO5/c1-2-18-12(17)9-4-7(5-10(13)14)3-8(6-9)11(15)16/h3-4,6H,2,5H2,1H3,(H2,13,14)(H,15,16). The second-order valence-corrected chi connectivity index (χ2v) is 3.59. The maximum absolute atomic E-state index is 11.5. The van der Waals surface area contributed by atoms with Crippen LogP contribution in [-0.4, -0.2) is 29.6 Å². The summed E-state index contributed by atoms with van der Waals surface area (Å²) in [5, 5.41) is 8.91. The molecule has 0 aliphatic rings. The normalized spacial score (nSPS) is 9.83. The molecule has 3 N–H and O–H groups in total. The molecule has 1 rings (SSSR count). The first-order chi connectivity index (χ1) is 8.43. The first-order valence-electron chi connectivity index (χ1n) is 5.26. The minimum Gasteiger partial charge on any atom is -0.478 e. The fraction of sp³-hybridized carbons (Fsp3) is 0.250. The predicted molar refractivity (Wildman–Crippen MR) is 62.3 cm³/mol. The van der Waals surface area contributed by atoms with Crippen molar-refractivity contribution in [3.63, 3.8) is 0 Å². The molecule has 6 heteroatoms. The molecule has 18 heavy (non-hydrogen) atoms. The van der Waals surface area contributed by atoms with E-state index in [1.807, 2.05) is 0 Å². The molecule has 0 aromatic heterocycles. The van der Waals surface area contributed by atoms with E-state index in [1.165, 1.54) is 18.2 Å². The van der Waals surface area contributed by atoms with E-state index in [-0.39, 0.29) is 24.2 Å². The minimum absolute atomic E-state index is 0.0863. The third kappa shape index (κ3) is 3.58. The van der Waals surface area contributed by atoms with E-state index in [0.29, 0.717) is 5.56 Å². The van der Waals surface area contributed by atoms with E-state index in [0.717, 1.165) is 0 Å². The molecule has 0 radical (unpaired) electrons. The quantitative estimate of drug-likeness (QED) is 0.745. The molecule has 1 aromatic carbocycles. The van der Waals surface area contributed by atoms with Crippen LogP contribution in [-0.2, 0) is 16.0 Å². The number of carbonyl (C=O) groups is 3. The van der Waals surface area contributed by atoms with Crippen molar-refractivity contribution < 1.29 is 24.2 Å². The Morgan fingerprint density at radius 1 is 1.22 bits per heavy atom. The van der Waals surface area contributed by atoms with Gasteiger partial charge in [-0.15, -0.1) is 0 Å². The second kappa shape index (κ2) is 5.81. The van der Waals surface area contributed by atoms with Crippen LogP contribution in [0.25, 0.3) is 0 Å². The van der Waals surface area contributed by atoms with Gasteiger partial charge in [0.05, 0.1) is 24.2 Å². The van der Waals surface area contributed by atoms with Gasteiger partial charge >= 0.3 is 11.9 Å². The number of nitrogens with two attached hydrogens (primary N) is 1. The third-order valence-electron chi connectivity index (χ3n) is 2.13. The number of carbonyl (C=O) groups excluding carboxylic acids is 2. The molecule has 0 atom stereocenters. The minimum atomic E-state index is -1.19. The van der Waals surface area contributed by atoms with Crippen molar-refractivity contribution in [3.8, 4) is 0 Å². The highest BCUT2D eigenvalue weighted by molar-refractivity contribution is 5.95. The lowest BCUT2D eigenvalue weighted by Crippen LogP contribution is -2.15. The van der Waals surface area contributed by atoms with Gasteiger partial charge in [0.1, 0.15) is 0 Å². The van der Waals surface area contributed by atoms with Crippen molar-refractivity contribution >= 4 is 17.8 Å². The van der Waals surface area contributed by atoms with Crippen LogP contribution in [0.5, 0.6) is 0 Å². The summed E-state index contributed by atoms with van der Waals surface area (Å²) >= 11 is 0. The predicted octanol–water partition coefficient (Wildman–Crippen LogP) is 0.589. The smallest absolute Gasteiger partial charge is 0.338 e. The molecule has 1 amide bonds. The lowest BCUT2D eigenvalue weighted by Gasteiger charge is -2.06. The van der Waals surface area contributed by atoms with Crippen molar-refractivity contribution in [2.75, 3.05) is 6.61 Å². The molecule has 0 unspecified atom stereocenters. The molecule has 1 aromatic rings. The monoisotopic (exact) mass is 251 g/mol. The number of amides is 1. The number of primary amides is 1. The summed E-state index contributed by atoms with van der Waals surface area (Å²) in [4.78, 5) is 33.2. The molecule has 6 nitrogen and oxygen atoms in total. The average molecular weight is 251 g/mol. The van der Waals surface area contributed by atoms with Gasteiger partial charge in [0.2, 0.25) is 5.91 Å². The fourth-order valence-electron chi connectivity index (χ4n) is 1.45. The zero-order valence-corrected chi connectivity index (χ0v) is 9.80. The highest BCUT2D eigenvalue weighted by atomic mass is 16.5. The zero-order chi connectivity index (χ0) is 13.7. The van der Waals surface area contributed by atoms with Gasteiger partial charge in [-0.25, -0.2) is 9.59 Å². The Morgan fingerprint density at radius 2 is 1.83 bits per heavy atom. The molecular formula is C12H13NO5. The molecule has 0 bridgehead atoms. The lowest BCUT2D eigenvalue weighted by molar-refractivity contribution is -0.117. The average Bonchev–Trinajstić information content (AvgIpc) is 2.27. The molecule has 0 saturated carbocycles. The number of carboxylic acids is 1. The maximum atomic E-state index is 11.5. The van der Waals surface area contributed by atoms with Gasteiger partial charge in [-0.1, -0.05) is 0 Å². The van der Waals surface area contributed by atoms with Crippen molar-refractivity contribution in [1.82, 2.24) is 0 Å². The Balaban J connectivity index is 3.17. The van der Waals surface area contributed by atoms with Crippen LogP contribution in [0.15, 0.2) is 18.2 Å². The number of carboxylic acid groups (broad SMARTS) is 1. The van der Waals surface area contributed by atoms with Gasteiger partial charge in [-0.2, -0.15) is 0 Å². The first kappa shape index (κ1) is 13.7. The molecule has 0 heterocycles. The summed E-state index contributed by atoms with van der Waals surface area (Å²) < 4.78 is 4.77. The summed E-state index contributed by atoms with van der Waals surface area (Å²) in [6, 6.07) is 3.90. The Labute approximate surface area is 103 Å². The highest BCUT2D eigenvalue weighted by Gasteiger charge is 2.13. The Bertz CT molecular complexity index is 495. The van der Waals surface area contributed by atoms with E-state index in [9.17, 15) is 14.4 Å². The molecule has 0 aliphatic heterocycles. The van der Waals surface area contributed by atoms with Crippen LogP contribution in [0, 0.1) is 0 Å². The fourth-order valence-corrected chi connectivity index (χ4v) is 1.45. The van der Waals surface area contributed by atoms with Crippen LogP contribution in [0.3, 0.4) is 0 Å². The molecule has 0 spiro atoms. The Morgan fingerprint density at radius 3 is 2.33 bits per heavy atom. The largest absolute Gasteiger partial charge is 0.478 e. The number of ether oxygens (including phenoxy) is 1. The summed E-state index contributed by atoms with van der Waals surface area (Å²) in [7, 11) is 0. The van der Waals surface area contributed by atoms with E-state index in [4.69, 9.17) is 15.6 Å². The van der Waals surface area contributed by atoms with Gasteiger partial charge in [0.25, 0.3) is 0 Å². The number of esters is 1. The number of benzene rings is 1. The van der Waals surface area contributed by atoms with Crippen LogP contribution in [0.4, 0.5) is 0 Å². The summed E-state index contributed by atoms with van der Waals surface area (Å²) in [5.41, 5.74) is 5.40. The number of hydrogen-bond donors (Lipinski definition) is 2. The number of rotatable bonds is 5. The molecule has 0 saturated heterocycles.